The molecule has 1 saturated carbocycles. The first-order chi connectivity index (χ1) is 11.9. The molecular formula is C19H22N2O3S. The van der Waals surface area contributed by atoms with Crippen molar-refractivity contribution in [1.29, 1.82) is 0 Å². The van der Waals surface area contributed by atoms with Crippen LogP contribution in [0.1, 0.15) is 41.6 Å². The standard InChI is InChI=1S/C19H22N2O3S/c1-14-6-12-18(13-7-14)25(23,24)21-17-10-8-15(9-11-17)19(22)20-16-4-2-3-5-16/h6-13,16,21H,2-5H2,1H3,(H,20,22). The Bertz CT molecular complexity index is 837. The van der Waals surface area contributed by atoms with E-state index in [4.69, 9.17) is 0 Å². The van der Waals surface area contributed by atoms with Crippen molar-refractivity contribution in [3.05, 3.63) is 59.7 Å². The van der Waals surface area contributed by atoms with Crippen molar-refractivity contribution in [2.24, 2.45) is 0 Å². The number of hydrogen-bond acceptors (Lipinski definition) is 3. The number of anilines is 1. The molecule has 0 aromatic heterocycles. The van der Waals surface area contributed by atoms with Gasteiger partial charge in [-0.3, -0.25) is 9.52 Å². The van der Waals surface area contributed by atoms with E-state index in [2.05, 4.69) is 10.0 Å². The predicted octanol–water partition coefficient (Wildman–Crippen LogP) is 3.47. The smallest absolute Gasteiger partial charge is 0.261 e. The molecule has 2 aromatic rings. The van der Waals surface area contributed by atoms with Crippen molar-refractivity contribution >= 4 is 21.6 Å². The van der Waals surface area contributed by atoms with E-state index in [1.165, 1.54) is 0 Å². The summed E-state index contributed by atoms with van der Waals surface area (Å²) in [4.78, 5) is 12.4. The second kappa shape index (κ2) is 7.27. The molecule has 0 unspecified atom stereocenters. The van der Waals surface area contributed by atoms with Crippen LogP contribution in [0, 0.1) is 6.92 Å². The minimum atomic E-state index is -3.63. The summed E-state index contributed by atoms with van der Waals surface area (Å²) in [5.74, 6) is -0.111. The molecule has 0 bridgehead atoms. The van der Waals surface area contributed by atoms with Crippen LogP contribution in [0.2, 0.25) is 0 Å². The molecule has 0 aliphatic heterocycles. The zero-order chi connectivity index (χ0) is 17.9. The number of nitrogens with one attached hydrogen (secondary N) is 2. The Morgan fingerprint density at radius 3 is 2.16 bits per heavy atom. The first kappa shape index (κ1) is 17.5. The van der Waals surface area contributed by atoms with Crippen LogP contribution in [0.3, 0.4) is 0 Å². The fourth-order valence-corrected chi connectivity index (χ4v) is 4.02. The average molecular weight is 358 g/mol. The number of rotatable bonds is 5. The Labute approximate surface area is 148 Å². The fourth-order valence-electron chi connectivity index (χ4n) is 2.96. The maximum absolute atomic E-state index is 12.4. The van der Waals surface area contributed by atoms with Crippen LogP contribution in [0.25, 0.3) is 0 Å². The Kier molecular flexibility index (Phi) is 5.08. The SMILES string of the molecule is Cc1ccc(S(=O)(=O)Nc2ccc(C(=O)NC3CCCC3)cc2)cc1. The summed E-state index contributed by atoms with van der Waals surface area (Å²) in [6, 6.07) is 13.4. The van der Waals surface area contributed by atoms with Gasteiger partial charge in [0.05, 0.1) is 4.90 Å². The molecule has 0 spiro atoms. The van der Waals surface area contributed by atoms with Crippen LogP contribution >= 0.6 is 0 Å². The number of carbonyl (C=O) groups is 1. The highest BCUT2D eigenvalue weighted by Crippen LogP contribution is 2.19. The molecule has 0 atom stereocenters. The normalized spacial score (nSPS) is 15.1. The van der Waals surface area contributed by atoms with Gasteiger partial charge in [0.1, 0.15) is 0 Å². The lowest BCUT2D eigenvalue weighted by Crippen LogP contribution is -2.32. The Morgan fingerprint density at radius 2 is 1.56 bits per heavy atom. The van der Waals surface area contributed by atoms with Gasteiger partial charge in [-0.25, -0.2) is 8.42 Å². The van der Waals surface area contributed by atoms with Crippen molar-refractivity contribution in [3.63, 3.8) is 0 Å². The summed E-state index contributed by atoms with van der Waals surface area (Å²) in [5, 5.41) is 3.02. The van der Waals surface area contributed by atoms with E-state index in [1.54, 1.807) is 48.5 Å². The lowest BCUT2D eigenvalue weighted by molar-refractivity contribution is 0.0938. The number of amides is 1. The van der Waals surface area contributed by atoms with Gasteiger partial charge < -0.3 is 5.32 Å². The highest BCUT2D eigenvalue weighted by molar-refractivity contribution is 7.92. The molecule has 1 aliphatic carbocycles. The zero-order valence-electron chi connectivity index (χ0n) is 14.2. The first-order valence-corrected chi connectivity index (χ1v) is 9.93. The minimum absolute atomic E-state index is 0.111. The summed E-state index contributed by atoms with van der Waals surface area (Å²) >= 11 is 0. The molecule has 1 aliphatic rings. The topological polar surface area (TPSA) is 75.3 Å². The van der Waals surface area contributed by atoms with Crippen LogP contribution < -0.4 is 10.0 Å². The number of hydrogen-bond donors (Lipinski definition) is 2. The number of sulfonamides is 1. The predicted molar refractivity (Wildman–Crippen MR) is 98.2 cm³/mol. The van der Waals surface area contributed by atoms with Gasteiger partial charge in [-0.15, -0.1) is 0 Å². The molecule has 6 heteroatoms. The molecule has 1 fully saturated rings. The van der Waals surface area contributed by atoms with E-state index in [9.17, 15) is 13.2 Å². The third-order valence-corrected chi connectivity index (χ3v) is 5.82. The molecule has 0 heterocycles. The average Bonchev–Trinajstić information content (AvgIpc) is 3.08. The summed E-state index contributed by atoms with van der Waals surface area (Å²) in [6.07, 6.45) is 4.37. The highest BCUT2D eigenvalue weighted by Gasteiger charge is 2.18. The van der Waals surface area contributed by atoms with Crippen molar-refractivity contribution in [2.75, 3.05) is 4.72 Å². The second-order valence-electron chi connectivity index (χ2n) is 6.45. The molecule has 2 aromatic carbocycles. The third kappa shape index (κ3) is 4.39. The van der Waals surface area contributed by atoms with Crippen molar-refractivity contribution in [1.82, 2.24) is 5.32 Å². The van der Waals surface area contributed by atoms with Crippen molar-refractivity contribution < 1.29 is 13.2 Å². The van der Waals surface area contributed by atoms with Crippen molar-refractivity contribution in [2.45, 2.75) is 43.5 Å². The fraction of sp³-hybridized carbons (Fsp3) is 0.316. The summed E-state index contributed by atoms with van der Waals surface area (Å²) in [6.45, 7) is 1.90. The maximum Gasteiger partial charge on any atom is 0.261 e. The third-order valence-electron chi connectivity index (χ3n) is 4.42. The first-order valence-electron chi connectivity index (χ1n) is 8.44. The van der Waals surface area contributed by atoms with Gasteiger partial charge >= 0.3 is 0 Å². The second-order valence-corrected chi connectivity index (χ2v) is 8.13. The number of benzene rings is 2. The zero-order valence-corrected chi connectivity index (χ0v) is 15.0. The molecular weight excluding hydrogens is 336 g/mol. The molecule has 132 valence electrons. The molecule has 2 N–H and O–H groups in total. The van der Waals surface area contributed by atoms with Gasteiger partial charge in [-0.2, -0.15) is 0 Å². The molecule has 0 radical (unpaired) electrons. The summed E-state index contributed by atoms with van der Waals surface area (Å²) in [5.41, 5.74) is 1.96. The van der Waals surface area contributed by atoms with E-state index in [1.807, 2.05) is 6.92 Å². The van der Waals surface area contributed by atoms with Gasteiger partial charge in [0.15, 0.2) is 0 Å². The lowest BCUT2D eigenvalue weighted by atomic mass is 10.1. The monoisotopic (exact) mass is 358 g/mol. The molecule has 0 saturated heterocycles. The Morgan fingerprint density at radius 1 is 0.960 bits per heavy atom. The van der Waals surface area contributed by atoms with E-state index in [-0.39, 0.29) is 16.8 Å². The van der Waals surface area contributed by atoms with Crippen LogP contribution in [-0.4, -0.2) is 20.4 Å². The molecule has 5 nitrogen and oxygen atoms in total. The molecule has 25 heavy (non-hydrogen) atoms. The van der Waals surface area contributed by atoms with Gasteiger partial charge in [0.25, 0.3) is 15.9 Å². The summed E-state index contributed by atoms with van der Waals surface area (Å²) in [7, 11) is -3.63. The van der Waals surface area contributed by atoms with Crippen LogP contribution in [0.4, 0.5) is 5.69 Å². The van der Waals surface area contributed by atoms with Crippen molar-refractivity contribution in [3.8, 4) is 0 Å². The van der Waals surface area contributed by atoms with Crippen LogP contribution in [-0.2, 0) is 10.0 Å². The van der Waals surface area contributed by atoms with E-state index in [0.717, 1.165) is 31.2 Å². The van der Waals surface area contributed by atoms with E-state index >= 15 is 0 Å². The largest absolute Gasteiger partial charge is 0.349 e. The van der Waals surface area contributed by atoms with E-state index in [0.29, 0.717) is 11.3 Å². The van der Waals surface area contributed by atoms with E-state index < -0.39 is 10.0 Å². The highest BCUT2D eigenvalue weighted by atomic mass is 32.2. The Hall–Kier alpha value is -2.34. The van der Waals surface area contributed by atoms with Crippen LogP contribution in [0.5, 0.6) is 0 Å². The maximum atomic E-state index is 12.4. The van der Waals surface area contributed by atoms with Gasteiger partial charge in [0, 0.05) is 17.3 Å². The van der Waals surface area contributed by atoms with Crippen LogP contribution in [0.15, 0.2) is 53.4 Å². The Balaban J connectivity index is 1.67. The molecule has 1 amide bonds. The lowest BCUT2D eigenvalue weighted by Gasteiger charge is -2.12. The van der Waals surface area contributed by atoms with Gasteiger partial charge in [-0.1, -0.05) is 30.5 Å². The van der Waals surface area contributed by atoms with Gasteiger partial charge in [0.2, 0.25) is 0 Å². The molecule has 3 rings (SSSR count). The minimum Gasteiger partial charge on any atom is -0.349 e. The summed E-state index contributed by atoms with van der Waals surface area (Å²) < 4.78 is 27.3. The number of aryl methyl sites for hydroxylation is 1. The number of carbonyl (C=O) groups excluding carboxylic acids is 1. The van der Waals surface area contributed by atoms with Gasteiger partial charge in [-0.05, 0) is 56.2 Å². The quantitative estimate of drug-likeness (QED) is 0.859.